The zero-order valence-corrected chi connectivity index (χ0v) is 16.9. The lowest BCUT2D eigenvalue weighted by Gasteiger charge is -2.15. The van der Waals surface area contributed by atoms with Crippen molar-refractivity contribution in [1.29, 1.82) is 0 Å². The highest BCUT2D eigenvalue weighted by atomic mass is 32.2. The predicted molar refractivity (Wildman–Crippen MR) is 107 cm³/mol. The van der Waals surface area contributed by atoms with Gasteiger partial charge in [-0.15, -0.1) is 10.2 Å². The molecular formula is C17H19N5O4S2. The molecule has 1 aromatic carbocycles. The number of nitrogens with zero attached hydrogens (tertiary/aromatic N) is 3. The fraction of sp³-hybridized carbons (Fsp3) is 0.353. The van der Waals surface area contributed by atoms with Gasteiger partial charge in [0.25, 0.3) is 0 Å². The Hall–Kier alpha value is -2.66. The molecule has 0 radical (unpaired) electrons. The van der Waals surface area contributed by atoms with Crippen LogP contribution in [0.3, 0.4) is 0 Å². The molecule has 0 saturated heterocycles. The van der Waals surface area contributed by atoms with Crippen LogP contribution in [0, 0.1) is 0 Å². The second-order valence-corrected chi connectivity index (χ2v) is 8.17. The normalized spacial score (nSPS) is 12.9. The summed E-state index contributed by atoms with van der Waals surface area (Å²) in [5, 5.41) is 13.4. The molecule has 1 aromatic heterocycles. The number of aromatic nitrogens is 2. The van der Waals surface area contributed by atoms with Gasteiger partial charge < -0.3 is 10.1 Å². The van der Waals surface area contributed by atoms with Crippen molar-refractivity contribution in [3.8, 4) is 5.75 Å². The number of hydrogen-bond acceptors (Lipinski definition) is 8. The molecule has 2 N–H and O–H groups in total. The van der Waals surface area contributed by atoms with Gasteiger partial charge in [0.2, 0.25) is 16.9 Å². The van der Waals surface area contributed by atoms with Crippen molar-refractivity contribution in [3.63, 3.8) is 0 Å². The summed E-state index contributed by atoms with van der Waals surface area (Å²) in [5.74, 6) is 0.148. The zero-order chi connectivity index (χ0) is 20.1. The third-order valence-electron chi connectivity index (χ3n) is 3.78. The van der Waals surface area contributed by atoms with E-state index in [-0.39, 0.29) is 17.7 Å². The van der Waals surface area contributed by atoms with E-state index in [4.69, 9.17) is 4.74 Å². The lowest BCUT2D eigenvalue weighted by molar-refractivity contribution is -0.118. The molecule has 1 heterocycles. The van der Waals surface area contributed by atoms with Crippen LogP contribution in [-0.2, 0) is 9.59 Å². The number of imide groups is 1. The highest BCUT2D eigenvalue weighted by Gasteiger charge is 2.34. The van der Waals surface area contributed by atoms with Gasteiger partial charge in [0.15, 0.2) is 4.34 Å². The fourth-order valence-electron chi connectivity index (χ4n) is 2.37. The van der Waals surface area contributed by atoms with E-state index in [9.17, 15) is 14.4 Å². The second-order valence-electron chi connectivity index (χ2n) is 5.99. The van der Waals surface area contributed by atoms with Crippen molar-refractivity contribution in [1.82, 2.24) is 15.5 Å². The van der Waals surface area contributed by atoms with Crippen LogP contribution in [0.5, 0.6) is 5.75 Å². The number of ether oxygens (including phenoxy) is 1. The number of amides is 4. The summed E-state index contributed by atoms with van der Waals surface area (Å²) in [7, 11) is 1.55. The number of urea groups is 1. The highest BCUT2D eigenvalue weighted by Crippen LogP contribution is 2.35. The van der Waals surface area contributed by atoms with Gasteiger partial charge in [0, 0.05) is 18.7 Å². The maximum absolute atomic E-state index is 12.0. The number of nitrogens with one attached hydrogen (secondary N) is 2. The molecule has 4 amide bonds. The summed E-state index contributed by atoms with van der Waals surface area (Å²) in [6.07, 6.45) is 1.93. The molecule has 0 atom stereocenters. The van der Waals surface area contributed by atoms with Crippen LogP contribution in [0.2, 0.25) is 0 Å². The summed E-state index contributed by atoms with van der Waals surface area (Å²) in [5.41, 5.74) is 0.539. The maximum atomic E-state index is 12.0. The minimum Gasteiger partial charge on any atom is -0.497 e. The van der Waals surface area contributed by atoms with Gasteiger partial charge in [0.1, 0.15) is 5.75 Å². The molecule has 0 aliphatic heterocycles. The molecule has 2 aromatic rings. The van der Waals surface area contributed by atoms with Gasteiger partial charge in [-0.2, -0.15) is 0 Å². The Balaban J connectivity index is 1.46. The van der Waals surface area contributed by atoms with E-state index in [1.54, 1.807) is 36.3 Å². The van der Waals surface area contributed by atoms with E-state index in [2.05, 4.69) is 20.8 Å². The van der Waals surface area contributed by atoms with Gasteiger partial charge in [0.05, 0.1) is 12.9 Å². The Morgan fingerprint density at radius 3 is 2.57 bits per heavy atom. The Morgan fingerprint density at radius 1 is 1.25 bits per heavy atom. The minimum atomic E-state index is -0.620. The molecule has 1 aliphatic carbocycles. The van der Waals surface area contributed by atoms with E-state index in [1.807, 2.05) is 0 Å². The molecule has 0 bridgehead atoms. The number of benzene rings is 1. The Labute approximate surface area is 169 Å². The smallest absolute Gasteiger partial charge is 0.325 e. The van der Waals surface area contributed by atoms with Crippen LogP contribution in [0.1, 0.15) is 19.8 Å². The van der Waals surface area contributed by atoms with Gasteiger partial charge >= 0.3 is 6.03 Å². The van der Waals surface area contributed by atoms with Crippen LogP contribution < -0.4 is 20.3 Å². The first-order valence-electron chi connectivity index (χ1n) is 8.47. The first-order chi connectivity index (χ1) is 13.5. The summed E-state index contributed by atoms with van der Waals surface area (Å²) < 4.78 is 5.60. The Morgan fingerprint density at radius 2 is 1.96 bits per heavy atom. The average molecular weight is 422 g/mol. The van der Waals surface area contributed by atoms with E-state index in [0.717, 1.165) is 24.6 Å². The molecule has 1 fully saturated rings. The molecule has 3 rings (SSSR count). The molecule has 28 heavy (non-hydrogen) atoms. The number of hydrogen-bond donors (Lipinski definition) is 2. The summed E-state index contributed by atoms with van der Waals surface area (Å²) in [6.45, 7) is 1.50. The van der Waals surface area contributed by atoms with Crippen LogP contribution in [-0.4, -0.2) is 46.9 Å². The lowest BCUT2D eigenvalue weighted by atomic mass is 10.3. The summed E-state index contributed by atoms with van der Waals surface area (Å²) in [6, 6.07) is 6.32. The standard InChI is InChI=1S/C17H19N5O4S2/c1-10(23)22(12-5-6-12)16-20-21-17(28-16)27-9-14(24)19-15(25)18-11-3-7-13(26-2)8-4-11/h3-4,7-8,12H,5-6,9H2,1-2H3,(H2,18,19,24,25). The Kier molecular flexibility index (Phi) is 6.47. The number of thioether (sulfide) groups is 1. The van der Waals surface area contributed by atoms with Crippen LogP contribution in [0.15, 0.2) is 28.6 Å². The molecule has 9 nitrogen and oxygen atoms in total. The topological polar surface area (TPSA) is 114 Å². The van der Waals surface area contributed by atoms with Crippen molar-refractivity contribution in [2.45, 2.75) is 30.1 Å². The second kappa shape index (κ2) is 9.02. The van der Waals surface area contributed by atoms with E-state index in [0.29, 0.717) is 20.9 Å². The molecule has 148 valence electrons. The average Bonchev–Trinajstić information content (AvgIpc) is 3.37. The lowest BCUT2D eigenvalue weighted by Crippen LogP contribution is -2.35. The van der Waals surface area contributed by atoms with E-state index >= 15 is 0 Å². The van der Waals surface area contributed by atoms with E-state index in [1.165, 1.54) is 18.3 Å². The van der Waals surface area contributed by atoms with Gasteiger partial charge in [-0.25, -0.2) is 4.79 Å². The van der Waals surface area contributed by atoms with Crippen molar-refractivity contribution in [2.75, 3.05) is 23.1 Å². The first kappa shape index (κ1) is 20.1. The van der Waals surface area contributed by atoms with Crippen LogP contribution in [0.25, 0.3) is 0 Å². The minimum absolute atomic E-state index is 0.00810. The van der Waals surface area contributed by atoms with Gasteiger partial charge in [-0.05, 0) is 37.1 Å². The number of carbonyl (C=O) groups is 3. The molecule has 11 heteroatoms. The largest absolute Gasteiger partial charge is 0.497 e. The van der Waals surface area contributed by atoms with Crippen molar-refractivity contribution >= 4 is 51.8 Å². The molecule has 1 aliphatic rings. The molecular weight excluding hydrogens is 402 g/mol. The number of anilines is 2. The predicted octanol–water partition coefficient (Wildman–Crippen LogP) is 2.50. The van der Waals surface area contributed by atoms with Crippen molar-refractivity contribution in [2.24, 2.45) is 0 Å². The Bertz CT molecular complexity index is 867. The monoisotopic (exact) mass is 421 g/mol. The number of methoxy groups -OCH3 is 1. The van der Waals surface area contributed by atoms with E-state index < -0.39 is 11.9 Å². The maximum Gasteiger partial charge on any atom is 0.325 e. The number of rotatable bonds is 7. The summed E-state index contributed by atoms with van der Waals surface area (Å²) in [4.78, 5) is 37.2. The molecule has 1 saturated carbocycles. The zero-order valence-electron chi connectivity index (χ0n) is 15.3. The van der Waals surface area contributed by atoms with Crippen molar-refractivity contribution < 1.29 is 19.1 Å². The van der Waals surface area contributed by atoms with Gasteiger partial charge in [-0.1, -0.05) is 23.1 Å². The fourth-order valence-corrected chi connectivity index (χ4v) is 4.12. The quantitative estimate of drug-likeness (QED) is 0.521. The van der Waals surface area contributed by atoms with Crippen molar-refractivity contribution in [3.05, 3.63) is 24.3 Å². The summed E-state index contributed by atoms with van der Waals surface area (Å²) >= 11 is 2.42. The highest BCUT2D eigenvalue weighted by molar-refractivity contribution is 8.01. The number of carbonyl (C=O) groups excluding carboxylic acids is 3. The van der Waals surface area contributed by atoms with Gasteiger partial charge in [-0.3, -0.25) is 19.8 Å². The third-order valence-corrected chi connectivity index (χ3v) is 5.84. The van der Waals surface area contributed by atoms with Crippen LogP contribution >= 0.6 is 23.1 Å². The first-order valence-corrected chi connectivity index (χ1v) is 10.3. The molecule has 0 unspecified atom stereocenters. The third kappa shape index (κ3) is 5.42. The SMILES string of the molecule is COc1ccc(NC(=O)NC(=O)CSc2nnc(N(C(C)=O)C3CC3)s2)cc1. The van der Waals surface area contributed by atoms with Crippen LogP contribution in [0.4, 0.5) is 15.6 Å². The molecule has 0 spiro atoms.